The van der Waals surface area contributed by atoms with Gasteiger partial charge in [-0.25, -0.2) is 0 Å². The quantitative estimate of drug-likeness (QED) is 0.316. The molecule has 0 bridgehead atoms. The molecular formula is C23H23NO4S2. The van der Waals surface area contributed by atoms with Crippen molar-refractivity contribution in [1.82, 2.24) is 4.90 Å². The number of nitrogens with zero attached hydrogens (tertiary/aromatic N) is 1. The van der Waals surface area contributed by atoms with Crippen molar-refractivity contribution >= 4 is 46.3 Å². The smallest absolute Gasteiger partial charge is 0.307 e. The number of benzene rings is 2. The van der Waals surface area contributed by atoms with Crippen molar-refractivity contribution < 1.29 is 19.1 Å². The lowest BCUT2D eigenvalue weighted by atomic mass is 10.2. The van der Waals surface area contributed by atoms with Crippen LogP contribution in [-0.4, -0.2) is 34.2 Å². The molecule has 156 valence electrons. The lowest BCUT2D eigenvalue weighted by Crippen LogP contribution is -2.30. The predicted molar refractivity (Wildman–Crippen MR) is 123 cm³/mol. The zero-order chi connectivity index (χ0) is 21.3. The molecule has 7 heteroatoms. The first-order valence-electron chi connectivity index (χ1n) is 9.74. The van der Waals surface area contributed by atoms with Gasteiger partial charge in [0.1, 0.15) is 16.7 Å². The zero-order valence-corrected chi connectivity index (χ0v) is 18.3. The number of hydrogen-bond donors (Lipinski definition) is 0. The molecule has 0 saturated carbocycles. The molecule has 1 heterocycles. The molecule has 3 rings (SSSR count). The third kappa shape index (κ3) is 6.18. The average Bonchev–Trinajstić information content (AvgIpc) is 3.03. The maximum atomic E-state index is 12.6. The lowest BCUT2D eigenvalue weighted by Gasteiger charge is -2.13. The Hall–Kier alpha value is -2.64. The van der Waals surface area contributed by atoms with Crippen molar-refractivity contribution in [3.05, 3.63) is 70.6 Å². The fourth-order valence-electron chi connectivity index (χ4n) is 2.74. The Morgan fingerprint density at radius 2 is 1.87 bits per heavy atom. The lowest BCUT2D eigenvalue weighted by molar-refractivity contribution is -0.143. The fraction of sp³-hybridized carbons (Fsp3) is 0.261. The second-order valence-corrected chi connectivity index (χ2v) is 8.32. The largest absolute Gasteiger partial charge is 0.489 e. The van der Waals surface area contributed by atoms with Crippen LogP contribution >= 0.6 is 24.0 Å². The molecule has 0 atom stereocenters. The summed E-state index contributed by atoms with van der Waals surface area (Å²) in [6.07, 6.45) is 2.70. The molecule has 0 aliphatic carbocycles. The highest BCUT2D eigenvalue weighted by molar-refractivity contribution is 8.26. The minimum Gasteiger partial charge on any atom is -0.489 e. The standard InChI is InChI=1S/C23H23NO4S2/c1-2-14-27-21(25)12-13-24-22(26)20(30-23(24)29)15-17-8-10-19(11-9-17)28-16-18-6-4-3-5-7-18/h3-11,15H,2,12-14,16H2,1H3/b20-15-. The SMILES string of the molecule is CCCOC(=O)CCN1C(=O)/C(=C/c2ccc(OCc3ccccc3)cc2)SC1=S. The van der Waals surface area contributed by atoms with Crippen LogP contribution in [0.1, 0.15) is 30.9 Å². The Labute approximate surface area is 186 Å². The first-order valence-corrected chi connectivity index (χ1v) is 11.0. The molecule has 0 aromatic heterocycles. The van der Waals surface area contributed by atoms with E-state index in [0.29, 0.717) is 22.4 Å². The summed E-state index contributed by atoms with van der Waals surface area (Å²) in [6, 6.07) is 17.5. The van der Waals surface area contributed by atoms with Crippen molar-refractivity contribution in [2.45, 2.75) is 26.4 Å². The molecule has 30 heavy (non-hydrogen) atoms. The molecule has 1 fully saturated rings. The first kappa shape index (κ1) is 22.1. The Bertz CT molecular complexity index is 926. The van der Waals surface area contributed by atoms with Crippen LogP contribution in [-0.2, 0) is 20.9 Å². The summed E-state index contributed by atoms with van der Waals surface area (Å²) >= 11 is 6.55. The van der Waals surface area contributed by atoms with E-state index in [0.717, 1.165) is 23.3 Å². The monoisotopic (exact) mass is 441 g/mol. The summed E-state index contributed by atoms with van der Waals surface area (Å²) in [6.45, 7) is 3.06. The molecule has 0 N–H and O–H groups in total. The average molecular weight is 442 g/mol. The molecule has 5 nitrogen and oxygen atoms in total. The van der Waals surface area contributed by atoms with Crippen LogP contribution in [0.15, 0.2) is 59.5 Å². The number of rotatable bonds is 9. The third-order valence-electron chi connectivity index (χ3n) is 4.31. The predicted octanol–water partition coefficient (Wildman–Crippen LogP) is 4.81. The second-order valence-electron chi connectivity index (χ2n) is 6.65. The van der Waals surface area contributed by atoms with Crippen molar-refractivity contribution in [2.75, 3.05) is 13.2 Å². The Balaban J connectivity index is 1.56. The Morgan fingerprint density at radius 1 is 1.13 bits per heavy atom. The van der Waals surface area contributed by atoms with Crippen molar-refractivity contribution in [1.29, 1.82) is 0 Å². The van der Waals surface area contributed by atoms with E-state index in [-0.39, 0.29) is 24.8 Å². The molecule has 2 aromatic carbocycles. The van der Waals surface area contributed by atoms with Crippen LogP contribution in [0.5, 0.6) is 5.75 Å². The van der Waals surface area contributed by atoms with Crippen LogP contribution in [0.3, 0.4) is 0 Å². The minimum atomic E-state index is -0.319. The number of hydrogen-bond acceptors (Lipinski definition) is 6. The summed E-state index contributed by atoms with van der Waals surface area (Å²) in [5, 5.41) is 0. The van der Waals surface area contributed by atoms with Crippen LogP contribution in [0.4, 0.5) is 0 Å². The van der Waals surface area contributed by atoms with Crippen LogP contribution in [0.2, 0.25) is 0 Å². The molecule has 1 saturated heterocycles. The number of thioether (sulfide) groups is 1. The Morgan fingerprint density at radius 3 is 2.57 bits per heavy atom. The van der Waals surface area contributed by atoms with Gasteiger partial charge in [0.05, 0.1) is 17.9 Å². The normalized spacial score (nSPS) is 15.0. The molecule has 0 spiro atoms. The zero-order valence-electron chi connectivity index (χ0n) is 16.7. The molecular weight excluding hydrogens is 418 g/mol. The van der Waals surface area contributed by atoms with E-state index in [1.54, 1.807) is 6.08 Å². The van der Waals surface area contributed by atoms with Gasteiger partial charge in [-0.15, -0.1) is 0 Å². The summed E-state index contributed by atoms with van der Waals surface area (Å²) in [7, 11) is 0. The highest BCUT2D eigenvalue weighted by atomic mass is 32.2. The van der Waals surface area contributed by atoms with Gasteiger partial charge in [-0.2, -0.15) is 0 Å². The third-order valence-corrected chi connectivity index (χ3v) is 5.68. The number of carbonyl (C=O) groups is 2. The minimum absolute atomic E-state index is 0.132. The molecule has 1 aliphatic rings. The number of esters is 1. The van der Waals surface area contributed by atoms with Gasteiger partial charge in [0.25, 0.3) is 5.91 Å². The summed E-state index contributed by atoms with van der Waals surface area (Å²) in [5.74, 6) is 0.257. The molecule has 2 aromatic rings. The van der Waals surface area contributed by atoms with Crippen molar-refractivity contribution in [3.63, 3.8) is 0 Å². The maximum absolute atomic E-state index is 12.6. The van der Waals surface area contributed by atoms with E-state index < -0.39 is 0 Å². The van der Waals surface area contributed by atoms with E-state index in [4.69, 9.17) is 21.7 Å². The molecule has 0 radical (unpaired) electrons. The van der Waals surface area contributed by atoms with Gasteiger partial charge >= 0.3 is 5.97 Å². The number of ether oxygens (including phenoxy) is 2. The topological polar surface area (TPSA) is 55.8 Å². The maximum Gasteiger partial charge on any atom is 0.307 e. The Kier molecular flexibility index (Phi) is 8.04. The van der Waals surface area contributed by atoms with Gasteiger partial charge in [0.15, 0.2) is 0 Å². The first-order chi connectivity index (χ1) is 14.6. The van der Waals surface area contributed by atoms with Gasteiger partial charge in [-0.1, -0.05) is 73.4 Å². The number of thiocarbonyl (C=S) groups is 1. The highest BCUT2D eigenvalue weighted by Crippen LogP contribution is 2.32. The molecule has 1 amide bonds. The fourth-order valence-corrected chi connectivity index (χ4v) is 4.05. The van der Waals surface area contributed by atoms with Crippen LogP contribution < -0.4 is 4.74 Å². The number of carbonyl (C=O) groups excluding carboxylic acids is 2. The van der Waals surface area contributed by atoms with Gasteiger partial charge < -0.3 is 9.47 Å². The van der Waals surface area contributed by atoms with Gasteiger partial charge in [0, 0.05) is 6.54 Å². The van der Waals surface area contributed by atoms with Crippen molar-refractivity contribution in [2.24, 2.45) is 0 Å². The van der Waals surface area contributed by atoms with Gasteiger partial charge in [-0.3, -0.25) is 14.5 Å². The van der Waals surface area contributed by atoms with Crippen molar-refractivity contribution in [3.8, 4) is 5.75 Å². The molecule has 1 aliphatic heterocycles. The summed E-state index contributed by atoms with van der Waals surface area (Å²) < 4.78 is 11.3. The highest BCUT2D eigenvalue weighted by Gasteiger charge is 2.32. The summed E-state index contributed by atoms with van der Waals surface area (Å²) in [5.41, 5.74) is 1.98. The number of amides is 1. The van der Waals surface area contributed by atoms with E-state index in [9.17, 15) is 9.59 Å². The van der Waals surface area contributed by atoms with Gasteiger partial charge in [0.2, 0.25) is 0 Å². The van der Waals surface area contributed by atoms with E-state index in [2.05, 4.69) is 0 Å². The van der Waals surface area contributed by atoms with E-state index in [1.807, 2.05) is 61.5 Å². The van der Waals surface area contributed by atoms with E-state index >= 15 is 0 Å². The van der Waals surface area contributed by atoms with Crippen LogP contribution in [0.25, 0.3) is 6.08 Å². The second kappa shape index (κ2) is 10.9. The summed E-state index contributed by atoms with van der Waals surface area (Å²) in [4.78, 5) is 26.3. The van der Waals surface area contributed by atoms with E-state index in [1.165, 1.54) is 16.7 Å². The molecule has 0 unspecified atom stereocenters. The van der Waals surface area contributed by atoms with Gasteiger partial charge in [-0.05, 0) is 35.8 Å². The van der Waals surface area contributed by atoms with Crippen LogP contribution in [0, 0.1) is 0 Å².